The SMILES string of the molecule is C=CCn1c(SCC(=O)NCc2ccccc2Cl)nc2ccccc2c1=O. The Labute approximate surface area is 166 Å². The van der Waals surface area contributed by atoms with Crippen LogP contribution in [0.3, 0.4) is 0 Å². The smallest absolute Gasteiger partial charge is 0.262 e. The largest absolute Gasteiger partial charge is 0.351 e. The molecular weight excluding hydrogens is 382 g/mol. The van der Waals surface area contributed by atoms with Crippen molar-refractivity contribution in [2.45, 2.75) is 18.2 Å². The summed E-state index contributed by atoms with van der Waals surface area (Å²) in [5.74, 6) is -0.0145. The fourth-order valence-electron chi connectivity index (χ4n) is 2.56. The van der Waals surface area contributed by atoms with Crippen LogP contribution in [0.15, 0.2) is 71.1 Å². The number of benzene rings is 2. The number of hydrogen-bond donors (Lipinski definition) is 1. The zero-order chi connectivity index (χ0) is 19.2. The molecule has 5 nitrogen and oxygen atoms in total. The summed E-state index contributed by atoms with van der Waals surface area (Å²) in [5, 5.41) is 4.49. The van der Waals surface area contributed by atoms with E-state index < -0.39 is 0 Å². The van der Waals surface area contributed by atoms with Crippen molar-refractivity contribution < 1.29 is 4.79 Å². The minimum Gasteiger partial charge on any atom is -0.351 e. The first-order valence-corrected chi connectivity index (χ1v) is 9.70. The molecule has 2 aromatic carbocycles. The lowest BCUT2D eigenvalue weighted by molar-refractivity contribution is -0.118. The van der Waals surface area contributed by atoms with Crippen LogP contribution in [0.25, 0.3) is 10.9 Å². The van der Waals surface area contributed by atoms with Gasteiger partial charge in [0.1, 0.15) is 0 Å². The van der Waals surface area contributed by atoms with Gasteiger partial charge >= 0.3 is 0 Å². The van der Waals surface area contributed by atoms with E-state index in [2.05, 4.69) is 16.9 Å². The number of halogens is 1. The van der Waals surface area contributed by atoms with Gasteiger partial charge in [0.15, 0.2) is 5.16 Å². The van der Waals surface area contributed by atoms with Gasteiger partial charge in [-0.05, 0) is 23.8 Å². The Morgan fingerprint density at radius 1 is 1.22 bits per heavy atom. The molecule has 0 atom stereocenters. The Balaban J connectivity index is 1.73. The quantitative estimate of drug-likeness (QED) is 0.374. The molecule has 0 spiro atoms. The van der Waals surface area contributed by atoms with Crippen LogP contribution < -0.4 is 10.9 Å². The molecular formula is C20H18ClN3O2S. The van der Waals surface area contributed by atoms with Gasteiger partial charge in [0, 0.05) is 18.1 Å². The summed E-state index contributed by atoms with van der Waals surface area (Å²) in [6.07, 6.45) is 1.64. The van der Waals surface area contributed by atoms with Crippen LogP contribution in [-0.4, -0.2) is 21.2 Å². The number of allylic oxidation sites excluding steroid dienone is 1. The van der Waals surface area contributed by atoms with Crippen molar-refractivity contribution in [1.82, 2.24) is 14.9 Å². The number of nitrogens with zero attached hydrogens (tertiary/aromatic N) is 2. The maximum absolute atomic E-state index is 12.7. The third-order valence-electron chi connectivity index (χ3n) is 3.90. The number of amides is 1. The van der Waals surface area contributed by atoms with Gasteiger partial charge in [-0.3, -0.25) is 14.2 Å². The summed E-state index contributed by atoms with van der Waals surface area (Å²) in [4.78, 5) is 29.4. The molecule has 3 aromatic rings. The lowest BCUT2D eigenvalue weighted by Gasteiger charge is -2.11. The second kappa shape index (κ2) is 8.88. The van der Waals surface area contributed by atoms with Crippen molar-refractivity contribution >= 4 is 40.2 Å². The number of nitrogens with one attached hydrogen (secondary N) is 1. The van der Waals surface area contributed by atoms with Crippen LogP contribution in [0.4, 0.5) is 0 Å². The molecule has 138 valence electrons. The number of rotatable bonds is 7. The Bertz CT molecular complexity index is 1050. The molecule has 1 amide bonds. The molecule has 27 heavy (non-hydrogen) atoms. The van der Waals surface area contributed by atoms with Gasteiger partial charge in [0.25, 0.3) is 5.56 Å². The maximum Gasteiger partial charge on any atom is 0.262 e. The summed E-state index contributed by atoms with van der Waals surface area (Å²) in [6.45, 7) is 4.38. The van der Waals surface area contributed by atoms with Crippen molar-refractivity contribution in [3.63, 3.8) is 0 Å². The highest BCUT2D eigenvalue weighted by Gasteiger charge is 2.12. The molecule has 0 saturated carbocycles. The summed E-state index contributed by atoms with van der Waals surface area (Å²) >= 11 is 7.32. The van der Waals surface area contributed by atoms with Gasteiger partial charge in [-0.1, -0.05) is 59.8 Å². The highest BCUT2D eigenvalue weighted by Crippen LogP contribution is 2.18. The van der Waals surface area contributed by atoms with E-state index in [9.17, 15) is 9.59 Å². The van der Waals surface area contributed by atoms with E-state index in [1.54, 1.807) is 30.3 Å². The highest BCUT2D eigenvalue weighted by molar-refractivity contribution is 7.99. The lowest BCUT2D eigenvalue weighted by Crippen LogP contribution is -2.26. The molecule has 0 aliphatic heterocycles. The normalized spacial score (nSPS) is 10.7. The molecule has 0 aliphatic rings. The van der Waals surface area contributed by atoms with Gasteiger partial charge in [-0.25, -0.2) is 4.98 Å². The van der Waals surface area contributed by atoms with Crippen LogP contribution in [0.1, 0.15) is 5.56 Å². The summed E-state index contributed by atoms with van der Waals surface area (Å²) in [7, 11) is 0. The number of carbonyl (C=O) groups excluding carboxylic acids is 1. The number of fused-ring (bicyclic) bond motifs is 1. The number of aromatic nitrogens is 2. The fraction of sp³-hybridized carbons (Fsp3) is 0.150. The van der Waals surface area contributed by atoms with E-state index in [-0.39, 0.29) is 17.2 Å². The van der Waals surface area contributed by atoms with Crippen LogP contribution in [0.2, 0.25) is 5.02 Å². The minimum absolute atomic E-state index is 0.139. The molecule has 0 unspecified atom stereocenters. The molecule has 0 fully saturated rings. The predicted octanol–water partition coefficient (Wildman–Crippen LogP) is 3.64. The number of carbonyl (C=O) groups is 1. The Hall–Kier alpha value is -2.57. The first-order chi connectivity index (χ1) is 13.1. The van der Waals surface area contributed by atoms with Gasteiger partial charge in [-0.15, -0.1) is 6.58 Å². The van der Waals surface area contributed by atoms with Crippen LogP contribution in [-0.2, 0) is 17.9 Å². The molecule has 1 aromatic heterocycles. The lowest BCUT2D eigenvalue weighted by atomic mass is 10.2. The molecule has 1 N–H and O–H groups in total. The molecule has 0 radical (unpaired) electrons. The molecule has 0 saturated heterocycles. The Kier molecular flexibility index (Phi) is 6.32. The van der Waals surface area contributed by atoms with E-state index in [1.165, 1.54) is 16.3 Å². The van der Waals surface area contributed by atoms with Crippen LogP contribution in [0, 0.1) is 0 Å². The van der Waals surface area contributed by atoms with Crippen LogP contribution >= 0.6 is 23.4 Å². The second-order valence-corrected chi connectivity index (χ2v) is 7.12. The topological polar surface area (TPSA) is 64.0 Å². The summed E-state index contributed by atoms with van der Waals surface area (Å²) < 4.78 is 1.53. The molecule has 1 heterocycles. The third kappa shape index (κ3) is 4.59. The van der Waals surface area contributed by atoms with Crippen molar-refractivity contribution in [3.8, 4) is 0 Å². The van der Waals surface area contributed by atoms with Gasteiger partial charge in [-0.2, -0.15) is 0 Å². The second-order valence-electron chi connectivity index (χ2n) is 5.77. The first kappa shape index (κ1) is 19.2. The van der Waals surface area contributed by atoms with E-state index in [0.29, 0.717) is 34.2 Å². The Morgan fingerprint density at radius 2 is 1.96 bits per heavy atom. The average Bonchev–Trinajstić information content (AvgIpc) is 2.68. The minimum atomic E-state index is -0.160. The van der Waals surface area contributed by atoms with Gasteiger partial charge in [0.05, 0.1) is 16.7 Å². The zero-order valence-corrected chi connectivity index (χ0v) is 16.1. The van der Waals surface area contributed by atoms with E-state index in [0.717, 1.165) is 5.56 Å². The van der Waals surface area contributed by atoms with E-state index in [1.807, 2.05) is 24.3 Å². The number of thioether (sulfide) groups is 1. The summed E-state index contributed by atoms with van der Waals surface area (Å²) in [6, 6.07) is 14.5. The van der Waals surface area contributed by atoms with Crippen molar-refractivity contribution in [2.24, 2.45) is 0 Å². The predicted molar refractivity (Wildman–Crippen MR) is 110 cm³/mol. The molecule has 0 bridgehead atoms. The van der Waals surface area contributed by atoms with E-state index >= 15 is 0 Å². The zero-order valence-electron chi connectivity index (χ0n) is 14.5. The monoisotopic (exact) mass is 399 g/mol. The standard InChI is InChI=1S/C20H18ClN3O2S/c1-2-11-24-19(26)15-8-4-6-10-17(15)23-20(24)27-13-18(25)22-12-14-7-3-5-9-16(14)21/h2-10H,1,11-13H2,(H,22,25). The van der Waals surface area contributed by atoms with Crippen molar-refractivity contribution in [1.29, 1.82) is 0 Å². The third-order valence-corrected chi connectivity index (χ3v) is 5.25. The summed E-state index contributed by atoms with van der Waals surface area (Å²) in [5.41, 5.74) is 1.33. The average molecular weight is 400 g/mol. The molecule has 0 aliphatic carbocycles. The first-order valence-electron chi connectivity index (χ1n) is 8.33. The van der Waals surface area contributed by atoms with Crippen molar-refractivity contribution in [3.05, 3.63) is 82.1 Å². The fourth-order valence-corrected chi connectivity index (χ4v) is 3.61. The molecule has 3 rings (SSSR count). The van der Waals surface area contributed by atoms with Gasteiger partial charge in [0.2, 0.25) is 5.91 Å². The van der Waals surface area contributed by atoms with Crippen molar-refractivity contribution in [2.75, 3.05) is 5.75 Å². The number of hydrogen-bond acceptors (Lipinski definition) is 4. The maximum atomic E-state index is 12.7. The van der Waals surface area contributed by atoms with Gasteiger partial charge < -0.3 is 5.32 Å². The highest BCUT2D eigenvalue weighted by atomic mass is 35.5. The number of para-hydroxylation sites is 1. The Morgan fingerprint density at radius 3 is 2.74 bits per heavy atom. The van der Waals surface area contributed by atoms with Crippen LogP contribution in [0.5, 0.6) is 0 Å². The van der Waals surface area contributed by atoms with E-state index in [4.69, 9.17) is 11.6 Å². The molecule has 7 heteroatoms.